The van der Waals surface area contributed by atoms with E-state index in [0.717, 1.165) is 0 Å². The Balaban J connectivity index is 1.49. The van der Waals surface area contributed by atoms with E-state index in [4.69, 9.17) is 18.9 Å². The van der Waals surface area contributed by atoms with Crippen molar-refractivity contribution in [3.8, 4) is 23.0 Å². The molecule has 2 aromatic heterocycles. The Bertz CT molecular complexity index is 1950. The molecule has 4 aromatic rings. The molecule has 5 rings (SSSR count). The molecule has 51 heavy (non-hydrogen) atoms. The summed E-state index contributed by atoms with van der Waals surface area (Å²) >= 11 is 3.41. The number of benzene rings is 2. The van der Waals surface area contributed by atoms with Gasteiger partial charge in [-0.15, -0.1) is 0 Å². The van der Waals surface area contributed by atoms with E-state index in [9.17, 15) is 22.0 Å². The first-order chi connectivity index (χ1) is 24.3. The number of hydrogen-bond acceptors (Lipinski definition) is 10. The number of carbonyl (C=O) groups excluding carboxylic acids is 1. The van der Waals surface area contributed by atoms with Crippen LogP contribution in [0, 0.1) is 6.92 Å². The fourth-order valence-electron chi connectivity index (χ4n) is 5.55. The molecule has 12 nitrogen and oxygen atoms in total. The molecule has 1 saturated heterocycles. The normalized spacial score (nSPS) is 14.3. The Kier molecular flexibility index (Phi) is 11.7. The number of aromatic nitrogens is 2. The number of ether oxygens (including phenoxy) is 4. The first-order valence-corrected chi connectivity index (χ1v) is 18.0. The molecule has 0 saturated carbocycles. The van der Waals surface area contributed by atoms with Gasteiger partial charge < -0.3 is 29.2 Å². The van der Waals surface area contributed by atoms with Gasteiger partial charge in [0, 0.05) is 84.7 Å². The highest BCUT2D eigenvalue weighted by Gasteiger charge is 2.36. The summed E-state index contributed by atoms with van der Waals surface area (Å²) < 4.78 is 80.3. The summed E-state index contributed by atoms with van der Waals surface area (Å²) in [6, 6.07) is 14.4. The van der Waals surface area contributed by atoms with Gasteiger partial charge in [-0.25, -0.2) is 27.2 Å². The quantitative estimate of drug-likeness (QED) is 0.161. The summed E-state index contributed by atoms with van der Waals surface area (Å²) in [7, 11) is 1.64. The highest BCUT2D eigenvalue weighted by Crippen LogP contribution is 2.34. The number of methoxy groups -OCH3 is 4. The van der Waals surface area contributed by atoms with Crippen LogP contribution in [0.1, 0.15) is 40.0 Å². The number of pyridine rings is 2. The Hall–Kier alpha value is -4.54. The van der Waals surface area contributed by atoms with Gasteiger partial charge in [-0.1, -0.05) is 12.1 Å². The average molecular weight is 791 g/mol. The molecule has 1 amide bonds. The van der Waals surface area contributed by atoms with Gasteiger partial charge in [0.15, 0.2) is 5.03 Å². The standard InChI is InChI=1S/C35H38BrF2N5O7S/c1-22-29(36)19-28(33(40-22)42-14-11-35(37,38)12-15-42)34(44)41-25-10-13-39-32(16-25)51(45,46)43(20-23-6-8-26(47-2)17-30(23)49-4)21-24-7-9-27(48-3)18-31(24)50-5/h6-10,13,16-19H,11-12,14-15,20-21H2,1-5H3,(H,39,41,44). The molecule has 1 N–H and O–H groups in total. The zero-order valence-corrected chi connectivity index (χ0v) is 31.1. The lowest BCUT2D eigenvalue weighted by molar-refractivity contribution is -0.0221. The first kappa shape index (κ1) is 37.7. The predicted molar refractivity (Wildman–Crippen MR) is 191 cm³/mol. The fourth-order valence-corrected chi connectivity index (χ4v) is 7.22. The van der Waals surface area contributed by atoms with Crippen molar-refractivity contribution in [1.82, 2.24) is 14.3 Å². The number of aryl methyl sites for hydroxylation is 1. The number of carbonyl (C=O) groups is 1. The van der Waals surface area contributed by atoms with Crippen LogP contribution in [0.5, 0.6) is 23.0 Å². The number of nitrogens with zero attached hydrogens (tertiary/aromatic N) is 4. The van der Waals surface area contributed by atoms with E-state index in [1.807, 2.05) is 0 Å². The summed E-state index contributed by atoms with van der Waals surface area (Å²) in [4.78, 5) is 24.1. The number of halogens is 3. The number of anilines is 2. The van der Waals surface area contributed by atoms with Crippen LogP contribution >= 0.6 is 15.9 Å². The van der Waals surface area contributed by atoms with Crippen molar-refractivity contribution in [1.29, 1.82) is 0 Å². The molecule has 0 spiro atoms. The SMILES string of the molecule is COc1ccc(CN(Cc2ccc(OC)cc2OC)S(=O)(=O)c2cc(NC(=O)c3cc(Br)c(C)nc3N3CCC(F)(F)CC3)ccn2)c(OC)c1. The van der Waals surface area contributed by atoms with Gasteiger partial charge in [0.2, 0.25) is 0 Å². The molecule has 0 radical (unpaired) electrons. The average Bonchev–Trinajstić information content (AvgIpc) is 3.12. The molecular formula is C35H38BrF2N5O7S. The van der Waals surface area contributed by atoms with E-state index in [0.29, 0.717) is 44.3 Å². The maximum absolute atomic E-state index is 14.4. The second-order valence-corrected chi connectivity index (χ2v) is 14.5. The van der Waals surface area contributed by atoms with Crippen molar-refractivity contribution in [2.75, 3.05) is 51.7 Å². The second kappa shape index (κ2) is 15.8. The summed E-state index contributed by atoms with van der Waals surface area (Å²) in [5.74, 6) is -1.24. The highest BCUT2D eigenvalue weighted by molar-refractivity contribution is 9.10. The third-order valence-corrected chi connectivity index (χ3v) is 10.9. The number of sulfonamides is 1. The molecule has 0 unspecified atom stereocenters. The van der Waals surface area contributed by atoms with Gasteiger partial charge >= 0.3 is 0 Å². The molecule has 1 fully saturated rings. The lowest BCUT2D eigenvalue weighted by Crippen LogP contribution is -2.40. The van der Waals surface area contributed by atoms with E-state index in [-0.39, 0.29) is 61.1 Å². The van der Waals surface area contributed by atoms with Crippen molar-refractivity contribution >= 4 is 43.4 Å². The number of hydrogen-bond donors (Lipinski definition) is 1. The molecule has 0 atom stereocenters. The molecule has 2 aromatic carbocycles. The van der Waals surface area contributed by atoms with Crippen LogP contribution in [-0.4, -0.2) is 76.0 Å². The number of rotatable bonds is 13. The van der Waals surface area contributed by atoms with Crippen LogP contribution in [0.4, 0.5) is 20.3 Å². The van der Waals surface area contributed by atoms with Crippen molar-refractivity contribution in [3.05, 3.63) is 87.7 Å². The number of amides is 1. The molecule has 0 aliphatic carbocycles. The van der Waals surface area contributed by atoms with Gasteiger partial charge in [0.05, 0.1) is 39.7 Å². The van der Waals surface area contributed by atoms with Crippen molar-refractivity contribution < 1.29 is 40.9 Å². The van der Waals surface area contributed by atoms with Crippen LogP contribution in [0.3, 0.4) is 0 Å². The molecule has 272 valence electrons. The Morgan fingerprint density at radius 3 is 2.00 bits per heavy atom. The van der Waals surface area contributed by atoms with Gasteiger partial charge in [-0.2, -0.15) is 4.31 Å². The van der Waals surface area contributed by atoms with Crippen LogP contribution in [-0.2, 0) is 23.1 Å². The summed E-state index contributed by atoms with van der Waals surface area (Å²) in [6.07, 6.45) is 0.551. The first-order valence-electron chi connectivity index (χ1n) is 15.8. The van der Waals surface area contributed by atoms with E-state index in [1.54, 1.807) is 54.3 Å². The van der Waals surface area contributed by atoms with Gasteiger partial charge in [-0.05, 0) is 47.1 Å². The van der Waals surface area contributed by atoms with Crippen molar-refractivity contribution in [3.63, 3.8) is 0 Å². The maximum atomic E-state index is 14.4. The largest absolute Gasteiger partial charge is 0.497 e. The van der Waals surface area contributed by atoms with E-state index in [2.05, 4.69) is 31.2 Å². The summed E-state index contributed by atoms with van der Waals surface area (Å²) in [5.41, 5.74) is 1.97. The Morgan fingerprint density at radius 2 is 1.47 bits per heavy atom. The molecular weight excluding hydrogens is 752 g/mol. The maximum Gasteiger partial charge on any atom is 0.261 e. The minimum absolute atomic E-state index is 0.0206. The molecule has 3 heterocycles. The highest BCUT2D eigenvalue weighted by atomic mass is 79.9. The van der Waals surface area contributed by atoms with Crippen LogP contribution in [0.25, 0.3) is 0 Å². The molecule has 0 bridgehead atoms. The summed E-state index contributed by atoms with van der Waals surface area (Å²) in [6.45, 7) is 1.54. The number of piperidine rings is 1. The Labute approximate surface area is 303 Å². The minimum Gasteiger partial charge on any atom is -0.497 e. The van der Waals surface area contributed by atoms with Crippen molar-refractivity contribution in [2.24, 2.45) is 0 Å². The van der Waals surface area contributed by atoms with Gasteiger partial charge in [-0.3, -0.25) is 4.79 Å². The second-order valence-electron chi connectivity index (χ2n) is 11.7. The molecule has 1 aliphatic rings. The zero-order valence-electron chi connectivity index (χ0n) is 28.7. The van der Waals surface area contributed by atoms with Gasteiger partial charge in [0.25, 0.3) is 21.9 Å². The third-order valence-electron chi connectivity index (χ3n) is 8.45. The van der Waals surface area contributed by atoms with E-state index < -0.39 is 21.9 Å². The summed E-state index contributed by atoms with van der Waals surface area (Å²) in [5, 5.41) is 2.42. The topological polar surface area (TPSA) is 132 Å². The number of alkyl halides is 2. The number of nitrogens with one attached hydrogen (secondary N) is 1. The minimum atomic E-state index is -4.35. The van der Waals surface area contributed by atoms with Crippen LogP contribution < -0.4 is 29.2 Å². The van der Waals surface area contributed by atoms with Crippen molar-refractivity contribution in [2.45, 2.75) is 43.8 Å². The molecule has 16 heteroatoms. The van der Waals surface area contributed by atoms with E-state index >= 15 is 0 Å². The zero-order chi connectivity index (χ0) is 36.9. The lowest BCUT2D eigenvalue weighted by Gasteiger charge is -2.33. The Morgan fingerprint density at radius 1 is 0.902 bits per heavy atom. The predicted octanol–water partition coefficient (Wildman–Crippen LogP) is 6.46. The van der Waals surface area contributed by atoms with Crippen LogP contribution in [0.15, 0.2) is 70.3 Å². The smallest absolute Gasteiger partial charge is 0.261 e. The van der Waals surface area contributed by atoms with E-state index in [1.165, 1.54) is 51.1 Å². The molecule has 1 aliphatic heterocycles. The fraction of sp³-hybridized carbons (Fsp3) is 0.343. The third kappa shape index (κ3) is 8.68. The lowest BCUT2D eigenvalue weighted by atomic mass is 10.1. The monoisotopic (exact) mass is 789 g/mol. The van der Waals surface area contributed by atoms with Crippen LogP contribution in [0.2, 0.25) is 0 Å². The van der Waals surface area contributed by atoms with Gasteiger partial charge in [0.1, 0.15) is 28.8 Å².